The van der Waals surface area contributed by atoms with Crippen molar-refractivity contribution in [3.8, 4) is 0 Å². The van der Waals surface area contributed by atoms with Gasteiger partial charge in [-0.05, 0) is 32.1 Å². The van der Waals surface area contributed by atoms with Crippen LogP contribution in [0, 0.1) is 5.92 Å². The standard InChI is InChI=1S/C15H30N6O4/c1-8(2)7-11(14(24)25)21-12(22)9(3)20-13(23)10(16)5-4-6-19-15(17)18/h8-11H,4-7,16H2,1-3H3,(H,20,23)(H,21,22)(H,24,25)(H4,17,18,19). The summed E-state index contributed by atoms with van der Waals surface area (Å²) >= 11 is 0. The number of hydrogen-bond donors (Lipinski definition) is 6. The van der Waals surface area contributed by atoms with Gasteiger partial charge in [-0.1, -0.05) is 13.8 Å². The number of amides is 2. The molecule has 9 N–H and O–H groups in total. The van der Waals surface area contributed by atoms with Crippen molar-refractivity contribution in [3.05, 3.63) is 0 Å². The van der Waals surface area contributed by atoms with Crippen molar-refractivity contribution in [2.24, 2.45) is 28.1 Å². The summed E-state index contributed by atoms with van der Waals surface area (Å²) < 4.78 is 0. The molecule has 10 nitrogen and oxygen atoms in total. The number of rotatable bonds is 11. The van der Waals surface area contributed by atoms with Crippen molar-refractivity contribution in [1.82, 2.24) is 10.6 Å². The number of carbonyl (C=O) groups excluding carboxylic acids is 2. The van der Waals surface area contributed by atoms with E-state index >= 15 is 0 Å². The van der Waals surface area contributed by atoms with Crippen LogP contribution >= 0.6 is 0 Å². The molecule has 0 aromatic rings. The maximum absolute atomic E-state index is 12.1. The van der Waals surface area contributed by atoms with E-state index < -0.39 is 35.9 Å². The first-order valence-electron chi connectivity index (χ1n) is 8.19. The fraction of sp³-hybridized carbons (Fsp3) is 0.733. The Bertz CT molecular complexity index is 490. The van der Waals surface area contributed by atoms with E-state index in [2.05, 4.69) is 15.6 Å². The van der Waals surface area contributed by atoms with Crippen LogP contribution in [0.4, 0.5) is 0 Å². The number of aliphatic carboxylic acids is 1. The number of nitrogens with one attached hydrogen (secondary N) is 2. The normalized spacial score (nSPS) is 14.3. The van der Waals surface area contributed by atoms with Crippen molar-refractivity contribution >= 4 is 23.7 Å². The zero-order valence-corrected chi connectivity index (χ0v) is 15.0. The molecule has 0 saturated heterocycles. The van der Waals surface area contributed by atoms with Gasteiger partial charge in [0, 0.05) is 6.54 Å². The highest BCUT2D eigenvalue weighted by Gasteiger charge is 2.25. The summed E-state index contributed by atoms with van der Waals surface area (Å²) in [5, 5.41) is 14.0. The van der Waals surface area contributed by atoms with E-state index in [9.17, 15) is 14.4 Å². The van der Waals surface area contributed by atoms with Crippen LogP contribution in [0.25, 0.3) is 0 Å². The predicted molar refractivity (Wildman–Crippen MR) is 94.5 cm³/mol. The van der Waals surface area contributed by atoms with Gasteiger partial charge in [0.1, 0.15) is 12.1 Å². The Labute approximate surface area is 147 Å². The van der Waals surface area contributed by atoms with E-state index in [0.717, 1.165) is 0 Å². The maximum Gasteiger partial charge on any atom is 0.326 e. The smallest absolute Gasteiger partial charge is 0.326 e. The third-order valence-electron chi connectivity index (χ3n) is 3.38. The molecule has 0 aliphatic rings. The summed E-state index contributed by atoms with van der Waals surface area (Å²) in [6, 6.07) is -2.71. The van der Waals surface area contributed by atoms with Crippen molar-refractivity contribution in [1.29, 1.82) is 0 Å². The molecule has 0 rings (SSSR count). The number of carboxylic acids is 1. The van der Waals surface area contributed by atoms with Gasteiger partial charge < -0.3 is 32.9 Å². The minimum atomic E-state index is -1.11. The second kappa shape index (κ2) is 11.2. The molecule has 3 unspecified atom stereocenters. The van der Waals surface area contributed by atoms with Crippen molar-refractivity contribution in [2.75, 3.05) is 6.54 Å². The van der Waals surface area contributed by atoms with Gasteiger partial charge in [0.15, 0.2) is 5.96 Å². The second-order valence-corrected chi connectivity index (χ2v) is 6.31. The second-order valence-electron chi connectivity index (χ2n) is 6.31. The van der Waals surface area contributed by atoms with E-state index in [-0.39, 0.29) is 11.9 Å². The third kappa shape index (κ3) is 10.2. The van der Waals surface area contributed by atoms with E-state index in [0.29, 0.717) is 25.8 Å². The molecule has 0 spiro atoms. The molecule has 0 saturated carbocycles. The zero-order chi connectivity index (χ0) is 19.6. The molecule has 2 amide bonds. The topological polar surface area (TPSA) is 186 Å². The molecule has 0 aromatic heterocycles. The van der Waals surface area contributed by atoms with Crippen molar-refractivity contribution < 1.29 is 19.5 Å². The van der Waals surface area contributed by atoms with E-state index in [1.54, 1.807) is 0 Å². The fourth-order valence-electron chi connectivity index (χ4n) is 2.03. The van der Waals surface area contributed by atoms with Crippen LogP contribution in [0.3, 0.4) is 0 Å². The van der Waals surface area contributed by atoms with Crippen LogP contribution in [-0.2, 0) is 14.4 Å². The summed E-state index contributed by atoms with van der Waals surface area (Å²) in [4.78, 5) is 39.0. The number of carbonyl (C=O) groups is 3. The van der Waals surface area contributed by atoms with Crippen molar-refractivity contribution in [3.63, 3.8) is 0 Å². The average Bonchev–Trinajstić information content (AvgIpc) is 2.49. The molecule has 25 heavy (non-hydrogen) atoms. The number of carboxylic acid groups (broad SMARTS) is 1. The molecular formula is C15H30N6O4. The Morgan fingerprint density at radius 3 is 2.16 bits per heavy atom. The quantitative estimate of drug-likeness (QED) is 0.147. The lowest BCUT2D eigenvalue weighted by atomic mass is 10.0. The molecule has 0 radical (unpaired) electrons. The van der Waals surface area contributed by atoms with E-state index in [1.165, 1.54) is 6.92 Å². The molecule has 0 aromatic carbocycles. The number of nitrogens with two attached hydrogens (primary N) is 3. The monoisotopic (exact) mass is 358 g/mol. The summed E-state index contributed by atoms with van der Waals surface area (Å²) in [6.45, 7) is 5.53. The minimum absolute atomic E-state index is 0.0299. The summed E-state index contributed by atoms with van der Waals surface area (Å²) in [5.41, 5.74) is 16.1. The van der Waals surface area contributed by atoms with E-state index in [4.69, 9.17) is 22.3 Å². The highest BCUT2D eigenvalue weighted by Crippen LogP contribution is 2.05. The predicted octanol–water partition coefficient (Wildman–Crippen LogP) is -1.51. The van der Waals surface area contributed by atoms with Crippen LogP contribution < -0.4 is 27.8 Å². The maximum atomic E-state index is 12.1. The lowest BCUT2D eigenvalue weighted by Gasteiger charge is -2.21. The van der Waals surface area contributed by atoms with Crippen LogP contribution in [-0.4, -0.2) is 53.5 Å². The van der Waals surface area contributed by atoms with Gasteiger partial charge in [0.2, 0.25) is 11.8 Å². The summed E-state index contributed by atoms with van der Waals surface area (Å²) in [7, 11) is 0. The van der Waals surface area contributed by atoms with Gasteiger partial charge in [0.25, 0.3) is 0 Å². The molecule has 0 bridgehead atoms. The first-order valence-corrected chi connectivity index (χ1v) is 8.19. The van der Waals surface area contributed by atoms with Gasteiger partial charge in [-0.2, -0.15) is 0 Å². The fourth-order valence-corrected chi connectivity index (χ4v) is 2.03. The van der Waals surface area contributed by atoms with Gasteiger partial charge in [0.05, 0.1) is 6.04 Å². The molecule has 0 aliphatic carbocycles. The van der Waals surface area contributed by atoms with Gasteiger partial charge in [-0.15, -0.1) is 0 Å². The van der Waals surface area contributed by atoms with Crippen LogP contribution in [0.2, 0.25) is 0 Å². The highest BCUT2D eigenvalue weighted by molar-refractivity contribution is 5.91. The van der Waals surface area contributed by atoms with Crippen LogP contribution in [0.1, 0.15) is 40.0 Å². The first-order chi connectivity index (χ1) is 11.5. The Morgan fingerprint density at radius 2 is 1.68 bits per heavy atom. The molecule has 0 heterocycles. The Kier molecular flexibility index (Phi) is 10.2. The lowest BCUT2D eigenvalue weighted by molar-refractivity contribution is -0.142. The minimum Gasteiger partial charge on any atom is -0.480 e. The molecule has 10 heteroatoms. The number of nitrogens with zero attached hydrogens (tertiary/aromatic N) is 1. The Hall–Kier alpha value is -2.36. The summed E-state index contributed by atoms with van der Waals surface area (Å²) in [6.07, 6.45) is 1.16. The number of aliphatic imine (C=N–C) groups is 1. The Morgan fingerprint density at radius 1 is 1.08 bits per heavy atom. The highest BCUT2D eigenvalue weighted by atomic mass is 16.4. The van der Waals surface area contributed by atoms with Crippen LogP contribution in [0.15, 0.2) is 4.99 Å². The third-order valence-corrected chi connectivity index (χ3v) is 3.38. The van der Waals surface area contributed by atoms with Crippen LogP contribution in [0.5, 0.6) is 0 Å². The molecule has 144 valence electrons. The van der Waals surface area contributed by atoms with Gasteiger partial charge in [-0.25, -0.2) is 4.79 Å². The average molecular weight is 358 g/mol. The zero-order valence-electron chi connectivity index (χ0n) is 15.0. The lowest BCUT2D eigenvalue weighted by Crippen LogP contribution is -2.53. The van der Waals surface area contributed by atoms with Gasteiger partial charge >= 0.3 is 5.97 Å². The van der Waals surface area contributed by atoms with Gasteiger partial charge in [-0.3, -0.25) is 14.6 Å². The molecule has 0 aliphatic heterocycles. The molecule has 3 atom stereocenters. The largest absolute Gasteiger partial charge is 0.480 e. The first kappa shape index (κ1) is 22.6. The number of hydrogen-bond acceptors (Lipinski definition) is 5. The molecular weight excluding hydrogens is 328 g/mol. The summed E-state index contributed by atoms with van der Waals surface area (Å²) in [5.74, 6) is -2.11. The molecule has 0 fully saturated rings. The SMILES string of the molecule is CC(C)CC(NC(=O)C(C)NC(=O)C(N)CCCN=C(N)N)C(=O)O. The van der Waals surface area contributed by atoms with Crippen molar-refractivity contribution in [2.45, 2.75) is 58.2 Å². The van der Waals surface area contributed by atoms with E-state index in [1.807, 2.05) is 13.8 Å². The Balaban J connectivity index is 4.42. The number of guanidine groups is 1.